The molecule has 0 aliphatic heterocycles. The second kappa shape index (κ2) is 9.01. The second-order valence-corrected chi connectivity index (χ2v) is 7.38. The van der Waals surface area contributed by atoms with Crippen molar-refractivity contribution in [3.05, 3.63) is 54.1 Å². The number of nitrogens with one attached hydrogen (secondary N) is 1. The van der Waals surface area contributed by atoms with Gasteiger partial charge in [-0.25, -0.2) is 9.97 Å². The maximum absolute atomic E-state index is 6.00. The van der Waals surface area contributed by atoms with Gasteiger partial charge in [0.2, 0.25) is 0 Å². The van der Waals surface area contributed by atoms with Gasteiger partial charge in [0.15, 0.2) is 10.3 Å². The van der Waals surface area contributed by atoms with Crippen LogP contribution in [0.4, 0.5) is 0 Å². The third-order valence-corrected chi connectivity index (χ3v) is 5.55. The Balaban J connectivity index is 1.53. The number of ether oxygens (including phenoxy) is 1. The molecule has 1 aromatic carbocycles. The van der Waals surface area contributed by atoms with Crippen LogP contribution in [0, 0.1) is 6.92 Å². The lowest BCUT2D eigenvalue weighted by atomic mass is 10.1. The number of imidazole rings is 2. The fourth-order valence-electron chi connectivity index (χ4n) is 2.52. The Bertz CT molecular complexity index is 786. The van der Waals surface area contributed by atoms with Crippen molar-refractivity contribution in [1.82, 2.24) is 19.5 Å². The van der Waals surface area contributed by atoms with E-state index in [0.29, 0.717) is 6.61 Å². The Morgan fingerprint density at radius 2 is 2.16 bits per heavy atom. The first kappa shape index (κ1) is 17.9. The van der Waals surface area contributed by atoms with Crippen molar-refractivity contribution in [2.45, 2.75) is 30.2 Å². The van der Waals surface area contributed by atoms with Crippen molar-refractivity contribution in [1.29, 1.82) is 0 Å². The Morgan fingerprint density at radius 1 is 1.24 bits per heavy atom. The summed E-state index contributed by atoms with van der Waals surface area (Å²) in [5, 5.41) is 1.99. The van der Waals surface area contributed by atoms with E-state index in [1.807, 2.05) is 30.9 Å². The minimum absolute atomic E-state index is 0.707. The number of rotatable bonds is 9. The van der Waals surface area contributed by atoms with Crippen LogP contribution in [0.2, 0.25) is 0 Å². The van der Waals surface area contributed by atoms with E-state index in [4.69, 9.17) is 4.74 Å². The number of H-pyrrole nitrogens is 1. The molecule has 132 valence electrons. The Morgan fingerprint density at radius 3 is 2.96 bits per heavy atom. The molecule has 2 aromatic heterocycles. The third-order valence-electron chi connectivity index (χ3n) is 3.85. The van der Waals surface area contributed by atoms with Gasteiger partial charge >= 0.3 is 0 Å². The molecule has 3 aromatic rings. The van der Waals surface area contributed by atoms with E-state index in [1.54, 1.807) is 29.7 Å². The van der Waals surface area contributed by atoms with Gasteiger partial charge in [-0.2, -0.15) is 0 Å². The fraction of sp³-hybridized carbons (Fsp3) is 0.333. The van der Waals surface area contributed by atoms with Crippen molar-refractivity contribution >= 4 is 23.5 Å². The highest BCUT2D eigenvalue weighted by atomic mass is 32.2. The van der Waals surface area contributed by atoms with Gasteiger partial charge in [0.05, 0.1) is 6.61 Å². The summed E-state index contributed by atoms with van der Waals surface area (Å²) in [6.45, 7) is 3.64. The minimum Gasteiger partial charge on any atom is -0.493 e. The molecule has 25 heavy (non-hydrogen) atoms. The standard InChI is InChI=1S/C18H22N4OS2/c1-14-15(13-22-10-9-21-18(22)24-2)5-3-6-16(14)23-11-4-12-25-17-19-7-8-20-17/h3,5-10H,4,11-13H2,1-2H3,(H,19,20). The summed E-state index contributed by atoms with van der Waals surface area (Å²) >= 11 is 3.38. The zero-order valence-electron chi connectivity index (χ0n) is 14.4. The predicted octanol–water partition coefficient (Wildman–Crippen LogP) is 4.25. The van der Waals surface area contributed by atoms with E-state index < -0.39 is 0 Å². The molecule has 5 nitrogen and oxygen atoms in total. The molecule has 0 unspecified atom stereocenters. The zero-order chi connectivity index (χ0) is 17.5. The summed E-state index contributed by atoms with van der Waals surface area (Å²) in [7, 11) is 0. The summed E-state index contributed by atoms with van der Waals surface area (Å²) in [5.74, 6) is 1.95. The lowest BCUT2D eigenvalue weighted by Crippen LogP contribution is -2.05. The van der Waals surface area contributed by atoms with E-state index in [0.717, 1.165) is 34.8 Å². The maximum atomic E-state index is 6.00. The zero-order valence-corrected chi connectivity index (χ0v) is 16.1. The lowest BCUT2D eigenvalue weighted by Gasteiger charge is -2.14. The van der Waals surface area contributed by atoms with Crippen molar-refractivity contribution < 1.29 is 4.74 Å². The molecular weight excluding hydrogens is 352 g/mol. The van der Waals surface area contributed by atoms with Gasteiger partial charge in [0.25, 0.3) is 0 Å². The van der Waals surface area contributed by atoms with Crippen molar-refractivity contribution in [3.63, 3.8) is 0 Å². The highest BCUT2D eigenvalue weighted by Gasteiger charge is 2.08. The predicted molar refractivity (Wildman–Crippen MR) is 104 cm³/mol. The molecule has 1 N–H and O–H groups in total. The first-order valence-corrected chi connectivity index (χ1v) is 10.4. The van der Waals surface area contributed by atoms with Gasteiger partial charge in [-0.05, 0) is 36.8 Å². The first-order valence-electron chi connectivity index (χ1n) is 8.16. The van der Waals surface area contributed by atoms with Crippen LogP contribution in [0.1, 0.15) is 17.5 Å². The number of hydrogen-bond donors (Lipinski definition) is 1. The normalized spacial score (nSPS) is 11.0. The number of hydrogen-bond acceptors (Lipinski definition) is 5. The summed E-state index contributed by atoms with van der Waals surface area (Å²) in [6, 6.07) is 6.26. The van der Waals surface area contributed by atoms with E-state index in [9.17, 15) is 0 Å². The molecule has 0 saturated heterocycles. The van der Waals surface area contributed by atoms with Gasteiger partial charge in [0, 0.05) is 37.1 Å². The molecule has 0 bridgehead atoms. The van der Waals surface area contributed by atoms with Gasteiger partial charge in [-0.1, -0.05) is 35.7 Å². The molecule has 7 heteroatoms. The monoisotopic (exact) mass is 374 g/mol. The van der Waals surface area contributed by atoms with Crippen LogP contribution in [0.5, 0.6) is 5.75 Å². The summed E-state index contributed by atoms with van der Waals surface area (Å²) in [4.78, 5) is 11.7. The first-order chi connectivity index (χ1) is 12.3. The van der Waals surface area contributed by atoms with Gasteiger partial charge in [-0.15, -0.1) is 0 Å². The minimum atomic E-state index is 0.707. The maximum Gasteiger partial charge on any atom is 0.167 e. The summed E-state index contributed by atoms with van der Waals surface area (Å²) in [5.41, 5.74) is 2.46. The molecule has 3 rings (SSSR count). The van der Waals surface area contributed by atoms with E-state index in [1.165, 1.54) is 11.1 Å². The quantitative estimate of drug-likeness (QED) is 0.448. The number of aromatic nitrogens is 4. The smallest absolute Gasteiger partial charge is 0.167 e. The Kier molecular flexibility index (Phi) is 6.47. The molecular formula is C18H22N4OS2. The molecule has 0 amide bonds. The Hall–Kier alpha value is -1.86. The van der Waals surface area contributed by atoms with Crippen LogP contribution < -0.4 is 4.74 Å². The largest absolute Gasteiger partial charge is 0.493 e. The molecule has 0 atom stereocenters. The lowest BCUT2D eigenvalue weighted by molar-refractivity contribution is 0.316. The molecule has 2 heterocycles. The molecule has 0 aliphatic rings. The van der Waals surface area contributed by atoms with Crippen LogP contribution in [0.25, 0.3) is 0 Å². The second-order valence-electron chi connectivity index (χ2n) is 5.53. The number of aromatic amines is 1. The third kappa shape index (κ3) is 4.83. The Labute approximate surface area is 156 Å². The fourth-order valence-corrected chi connectivity index (χ4v) is 3.78. The van der Waals surface area contributed by atoms with E-state index in [2.05, 4.69) is 38.6 Å². The van der Waals surface area contributed by atoms with E-state index in [-0.39, 0.29) is 0 Å². The highest BCUT2D eigenvalue weighted by molar-refractivity contribution is 7.99. The molecule has 0 aliphatic carbocycles. The SMILES string of the molecule is CSc1nccn1Cc1cccc(OCCCSc2ncc[nH]2)c1C. The van der Waals surface area contributed by atoms with Crippen LogP contribution in [-0.2, 0) is 6.54 Å². The van der Waals surface area contributed by atoms with Crippen molar-refractivity contribution in [2.24, 2.45) is 0 Å². The molecule has 0 fully saturated rings. The summed E-state index contributed by atoms with van der Waals surface area (Å²) in [6.07, 6.45) is 10.5. The van der Waals surface area contributed by atoms with E-state index >= 15 is 0 Å². The summed E-state index contributed by atoms with van der Waals surface area (Å²) < 4.78 is 8.16. The topological polar surface area (TPSA) is 55.7 Å². The average Bonchev–Trinajstić information content (AvgIpc) is 3.29. The number of nitrogens with zero attached hydrogens (tertiary/aromatic N) is 3. The highest BCUT2D eigenvalue weighted by Crippen LogP contribution is 2.24. The van der Waals surface area contributed by atoms with Crippen LogP contribution in [0.15, 0.2) is 53.3 Å². The van der Waals surface area contributed by atoms with Crippen molar-refractivity contribution in [2.75, 3.05) is 18.6 Å². The molecule has 0 spiro atoms. The van der Waals surface area contributed by atoms with Crippen LogP contribution >= 0.6 is 23.5 Å². The van der Waals surface area contributed by atoms with Gasteiger partial charge in [0.1, 0.15) is 5.75 Å². The van der Waals surface area contributed by atoms with Gasteiger partial charge in [-0.3, -0.25) is 0 Å². The van der Waals surface area contributed by atoms with Gasteiger partial charge < -0.3 is 14.3 Å². The average molecular weight is 375 g/mol. The van der Waals surface area contributed by atoms with Crippen LogP contribution in [0.3, 0.4) is 0 Å². The van der Waals surface area contributed by atoms with Crippen LogP contribution in [-0.4, -0.2) is 38.1 Å². The molecule has 0 radical (unpaired) electrons. The number of thioether (sulfide) groups is 2. The molecule has 0 saturated carbocycles. The number of benzene rings is 1. The van der Waals surface area contributed by atoms with Crippen molar-refractivity contribution in [3.8, 4) is 5.75 Å².